The summed E-state index contributed by atoms with van der Waals surface area (Å²) in [6.45, 7) is 0.262. The zero-order valence-electron chi connectivity index (χ0n) is 12.4. The third kappa shape index (κ3) is 2.64. The summed E-state index contributed by atoms with van der Waals surface area (Å²) in [7, 11) is 0. The van der Waals surface area contributed by atoms with Crippen molar-refractivity contribution in [2.45, 2.75) is 51.0 Å². The first-order valence-electron chi connectivity index (χ1n) is 8.13. The van der Waals surface area contributed by atoms with Gasteiger partial charge < -0.3 is 4.74 Å². The Bertz CT molecular complexity index is 529. The third-order valence-corrected chi connectivity index (χ3v) is 5.70. The van der Waals surface area contributed by atoms with Crippen LogP contribution in [-0.4, -0.2) is 11.1 Å². The molecule has 4 fully saturated rings. The van der Waals surface area contributed by atoms with Gasteiger partial charge in [0, 0.05) is 6.20 Å². The van der Waals surface area contributed by atoms with Gasteiger partial charge in [0.15, 0.2) is 0 Å². The Morgan fingerprint density at radius 2 is 1.68 bits per heavy atom. The predicted octanol–water partition coefficient (Wildman–Crippen LogP) is 4.44. The highest BCUT2D eigenvalue weighted by atomic mass is 19.4. The van der Waals surface area contributed by atoms with Crippen LogP contribution in [0.4, 0.5) is 13.2 Å². The van der Waals surface area contributed by atoms with E-state index in [2.05, 4.69) is 4.98 Å². The molecule has 0 saturated heterocycles. The highest BCUT2D eigenvalue weighted by Gasteiger charge is 2.48. The second kappa shape index (κ2) is 5.22. The zero-order chi connectivity index (χ0) is 15.3. The highest BCUT2D eigenvalue weighted by molar-refractivity contribution is 5.17. The largest absolute Gasteiger partial charge is 0.433 e. The molecule has 0 unspecified atom stereocenters. The van der Waals surface area contributed by atoms with Crippen LogP contribution in [0.3, 0.4) is 0 Å². The Morgan fingerprint density at radius 3 is 2.27 bits per heavy atom. The average Bonchev–Trinajstić information content (AvgIpc) is 2.45. The minimum Gasteiger partial charge on any atom is -0.373 e. The van der Waals surface area contributed by atoms with Crippen LogP contribution in [0.25, 0.3) is 0 Å². The number of hydrogen-bond donors (Lipinski definition) is 0. The van der Waals surface area contributed by atoms with Crippen molar-refractivity contribution in [3.63, 3.8) is 0 Å². The molecule has 4 bridgehead atoms. The van der Waals surface area contributed by atoms with Gasteiger partial charge >= 0.3 is 6.18 Å². The number of alkyl halides is 3. The summed E-state index contributed by atoms with van der Waals surface area (Å²) in [5, 5.41) is 0. The summed E-state index contributed by atoms with van der Waals surface area (Å²) >= 11 is 0. The van der Waals surface area contributed by atoms with Crippen molar-refractivity contribution >= 4 is 0 Å². The Labute approximate surface area is 128 Å². The molecular weight excluding hydrogens is 291 g/mol. The maximum absolute atomic E-state index is 12.7. The fourth-order valence-corrected chi connectivity index (χ4v) is 5.06. The third-order valence-electron chi connectivity index (χ3n) is 5.70. The summed E-state index contributed by atoms with van der Waals surface area (Å²) in [5.41, 5.74) is -0.269. The van der Waals surface area contributed by atoms with Crippen LogP contribution < -0.4 is 0 Å². The lowest BCUT2D eigenvalue weighted by Crippen LogP contribution is -2.49. The molecule has 1 aromatic heterocycles. The Kier molecular flexibility index (Phi) is 3.44. The van der Waals surface area contributed by atoms with E-state index in [1.807, 2.05) is 0 Å². The molecule has 0 aliphatic heterocycles. The molecule has 5 rings (SSSR count). The van der Waals surface area contributed by atoms with Crippen LogP contribution >= 0.6 is 0 Å². The average molecular weight is 311 g/mol. The van der Waals surface area contributed by atoms with E-state index in [-0.39, 0.29) is 12.7 Å². The summed E-state index contributed by atoms with van der Waals surface area (Å²) in [5.74, 6) is 3.00. The van der Waals surface area contributed by atoms with Gasteiger partial charge in [0.05, 0.1) is 12.7 Å². The van der Waals surface area contributed by atoms with E-state index in [0.29, 0.717) is 17.4 Å². The lowest BCUT2D eigenvalue weighted by Gasteiger charge is -2.54. The fraction of sp³-hybridized carbons (Fsp3) is 0.706. The van der Waals surface area contributed by atoms with E-state index >= 15 is 0 Å². The summed E-state index contributed by atoms with van der Waals surface area (Å²) in [4.78, 5) is 3.40. The van der Waals surface area contributed by atoms with Gasteiger partial charge in [-0.05, 0) is 73.5 Å². The Hall–Kier alpha value is -1.10. The van der Waals surface area contributed by atoms with Crippen LogP contribution in [-0.2, 0) is 17.5 Å². The predicted molar refractivity (Wildman–Crippen MR) is 74.9 cm³/mol. The molecule has 0 aromatic carbocycles. The molecule has 4 aliphatic rings. The summed E-state index contributed by atoms with van der Waals surface area (Å²) in [6.07, 6.45) is 3.47. The van der Waals surface area contributed by atoms with E-state index in [9.17, 15) is 13.2 Å². The van der Waals surface area contributed by atoms with Gasteiger partial charge in [0.1, 0.15) is 5.69 Å². The fourth-order valence-electron chi connectivity index (χ4n) is 5.06. The van der Waals surface area contributed by atoms with Gasteiger partial charge in [0.2, 0.25) is 0 Å². The molecule has 2 nitrogen and oxygen atoms in total. The molecule has 4 aliphatic carbocycles. The van der Waals surface area contributed by atoms with Crippen LogP contribution in [0, 0.1) is 23.7 Å². The molecule has 120 valence electrons. The van der Waals surface area contributed by atoms with Crippen molar-refractivity contribution in [1.82, 2.24) is 4.98 Å². The summed E-state index contributed by atoms with van der Waals surface area (Å²) in [6, 6.07) is 2.72. The quantitative estimate of drug-likeness (QED) is 0.823. The molecule has 0 amide bonds. The first kappa shape index (κ1) is 14.5. The summed E-state index contributed by atoms with van der Waals surface area (Å²) < 4.78 is 44.2. The number of halogens is 3. The van der Waals surface area contributed by atoms with Crippen molar-refractivity contribution in [2.75, 3.05) is 0 Å². The van der Waals surface area contributed by atoms with Crippen LogP contribution in [0.2, 0.25) is 0 Å². The van der Waals surface area contributed by atoms with Crippen molar-refractivity contribution < 1.29 is 17.9 Å². The molecule has 1 heterocycles. The molecule has 0 radical (unpaired) electrons. The molecule has 1 aromatic rings. The van der Waals surface area contributed by atoms with E-state index in [1.54, 1.807) is 6.07 Å². The van der Waals surface area contributed by atoms with Crippen molar-refractivity contribution in [3.05, 3.63) is 29.6 Å². The molecule has 22 heavy (non-hydrogen) atoms. The number of ether oxygens (including phenoxy) is 1. The lowest BCUT2D eigenvalue weighted by molar-refractivity contribution is -0.141. The molecule has 4 saturated carbocycles. The van der Waals surface area contributed by atoms with Gasteiger partial charge in [0.25, 0.3) is 0 Å². The monoisotopic (exact) mass is 311 g/mol. The second-order valence-corrected chi connectivity index (χ2v) is 7.25. The smallest absolute Gasteiger partial charge is 0.373 e. The number of aromatic nitrogens is 1. The maximum atomic E-state index is 12.7. The molecule has 5 heteroatoms. The van der Waals surface area contributed by atoms with Gasteiger partial charge in [-0.25, -0.2) is 0 Å². The molecule has 0 N–H and O–H groups in total. The van der Waals surface area contributed by atoms with E-state index in [1.165, 1.54) is 38.3 Å². The van der Waals surface area contributed by atoms with Gasteiger partial charge in [-0.3, -0.25) is 4.98 Å². The molecular formula is C17H20F3NO. The highest BCUT2D eigenvalue weighted by Crippen LogP contribution is 2.54. The Morgan fingerprint density at radius 1 is 1.05 bits per heavy atom. The lowest BCUT2D eigenvalue weighted by atomic mass is 9.55. The normalized spacial score (nSPS) is 36.8. The number of hydrogen-bond acceptors (Lipinski definition) is 2. The van der Waals surface area contributed by atoms with E-state index in [4.69, 9.17) is 4.74 Å². The van der Waals surface area contributed by atoms with Crippen molar-refractivity contribution in [1.29, 1.82) is 0 Å². The van der Waals surface area contributed by atoms with Crippen LogP contribution in [0.5, 0.6) is 0 Å². The Balaban J connectivity index is 1.43. The number of nitrogens with zero attached hydrogens (tertiary/aromatic N) is 1. The molecule has 0 atom stereocenters. The standard InChI is InChI=1S/C17H20F3NO/c18-17(19,20)15-8-10(1-2-21-15)9-22-16-13-4-11-3-12(6-13)7-14(16)5-11/h1-2,8,11-14,16H,3-7,9H2. The minimum absolute atomic E-state index is 0.246. The molecule has 0 spiro atoms. The van der Waals surface area contributed by atoms with E-state index < -0.39 is 11.9 Å². The van der Waals surface area contributed by atoms with Gasteiger partial charge in [-0.1, -0.05) is 0 Å². The number of rotatable bonds is 3. The minimum atomic E-state index is -4.39. The van der Waals surface area contributed by atoms with Crippen molar-refractivity contribution in [3.8, 4) is 0 Å². The number of pyridine rings is 1. The maximum Gasteiger partial charge on any atom is 0.433 e. The van der Waals surface area contributed by atoms with Crippen LogP contribution in [0.1, 0.15) is 43.4 Å². The SMILES string of the molecule is FC(F)(F)c1cc(COC2C3CC4CC(C3)CC2C4)ccn1. The van der Waals surface area contributed by atoms with Gasteiger partial charge in [-0.15, -0.1) is 0 Å². The topological polar surface area (TPSA) is 22.1 Å². The van der Waals surface area contributed by atoms with Crippen LogP contribution in [0.15, 0.2) is 18.3 Å². The zero-order valence-corrected chi connectivity index (χ0v) is 12.4. The van der Waals surface area contributed by atoms with E-state index in [0.717, 1.165) is 17.9 Å². The van der Waals surface area contributed by atoms with Crippen molar-refractivity contribution in [2.24, 2.45) is 23.7 Å². The second-order valence-electron chi connectivity index (χ2n) is 7.25. The first-order chi connectivity index (χ1) is 10.5. The van der Waals surface area contributed by atoms with Gasteiger partial charge in [-0.2, -0.15) is 13.2 Å². The first-order valence-corrected chi connectivity index (χ1v) is 8.13.